The Kier molecular flexibility index (Phi) is 3.41. The van der Waals surface area contributed by atoms with Gasteiger partial charge in [0.25, 0.3) is 5.91 Å². The van der Waals surface area contributed by atoms with E-state index in [0.29, 0.717) is 6.07 Å². The van der Waals surface area contributed by atoms with E-state index in [9.17, 15) is 18.0 Å². The molecule has 19 heavy (non-hydrogen) atoms. The molecule has 0 unspecified atom stereocenters. The van der Waals surface area contributed by atoms with Gasteiger partial charge in [-0.1, -0.05) is 0 Å². The van der Waals surface area contributed by atoms with Crippen LogP contribution in [0.25, 0.3) is 0 Å². The minimum atomic E-state index is -1.01. The minimum Gasteiger partial charge on any atom is -0.397 e. The van der Waals surface area contributed by atoms with Crippen molar-refractivity contribution in [3.8, 4) is 0 Å². The van der Waals surface area contributed by atoms with E-state index in [1.165, 1.54) is 6.07 Å². The van der Waals surface area contributed by atoms with Crippen LogP contribution in [-0.4, -0.2) is 5.91 Å². The highest BCUT2D eigenvalue weighted by molar-refractivity contribution is 6.05. The number of nitrogens with one attached hydrogen (secondary N) is 1. The summed E-state index contributed by atoms with van der Waals surface area (Å²) in [5.41, 5.74) is 5.34. The van der Waals surface area contributed by atoms with E-state index in [1.807, 2.05) is 0 Å². The standard InChI is InChI=1S/C13H9F3N2O/c14-7-1-3-9(10(16)5-7)13(19)18-12-6-8(15)2-4-11(12)17/h1-6H,17H2,(H,18,19). The second-order valence-electron chi connectivity index (χ2n) is 3.81. The second-order valence-corrected chi connectivity index (χ2v) is 3.81. The van der Waals surface area contributed by atoms with E-state index < -0.39 is 23.4 Å². The van der Waals surface area contributed by atoms with Gasteiger partial charge in [0.2, 0.25) is 0 Å². The first-order valence-corrected chi connectivity index (χ1v) is 5.29. The maximum atomic E-state index is 13.4. The normalized spacial score (nSPS) is 10.3. The minimum absolute atomic E-state index is 0.0220. The Labute approximate surface area is 106 Å². The van der Waals surface area contributed by atoms with Gasteiger partial charge >= 0.3 is 0 Å². The van der Waals surface area contributed by atoms with E-state index >= 15 is 0 Å². The largest absolute Gasteiger partial charge is 0.397 e. The molecule has 6 heteroatoms. The number of anilines is 2. The lowest BCUT2D eigenvalue weighted by atomic mass is 10.2. The Morgan fingerprint density at radius 1 is 1.00 bits per heavy atom. The molecule has 0 aliphatic heterocycles. The molecule has 98 valence electrons. The first-order chi connectivity index (χ1) is 8.97. The van der Waals surface area contributed by atoms with Crippen LogP contribution in [0.15, 0.2) is 36.4 Å². The molecule has 0 atom stereocenters. The van der Waals surface area contributed by atoms with Crippen molar-refractivity contribution in [2.75, 3.05) is 11.1 Å². The van der Waals surface area contributed by atoms with E-state index in [2.05, 4.69) is 5.32 Å². The Morgan fingerprint density at radius 3 is 2.32 bits per heavy atom. The van der Waals surface area contributed by atoms with Gasteiger partial charge in [0.15, 0.2) is 0 Å². The average molecular weight is 266 g/mol. The zero-order valence-electron chi connectivity index (χ0n) is 9.58. The topological polar surface area (TPSA) is 55.1 Å². The van der Waals surface area contributed by atoms with Crippen molar-refractivity contribution in [2.24, 2.45) is 0 Å². The molecule has 0 heterocycles. The molecular weight excluding hydrogens is 257 g/mol. The van der Waals surface area contributed by atoms with Gasteiger partial charge in [-0.05, 0) is 30.3 Å². The number of nitrogen functional groups attached to an aromatic ring is 1. The van der Waals surface area contributed by atoms with E-state index in [1.54, 1.807) is 0 Å². The Bertz CT molecular complexity index is 644. The Hall–Kier alpha value is -2.50. The molecular formula is C13H9F3N2O. The number of amides is 1. The summed E-state index contributed by atoms with van der Waals surface area (Å²) >= 11 is 0. The van der Waals surface area contributed by atoms with Crippen molar-refractivity contribution in [1.29, 1.82) is 0 Å². The van der Waals surface area contributed by atoms with Gasteiger partial charge in [0.1, 0.15) is 17.5 Å². The van der Waals surface area contributed by atoms with Gasteiger partial charge < -0.3 is 11.1 Å². The fraction of sp³-hybridized carbons (Fsp3) is 0. The van der Waals surface area contributed by atoms with Crippen molar-refractivity contribution in [2.45, 2.75) is 0 Å². The van der Waals surface area contributed by atoms with Gasteiger partial charge in [0.05, 0.1) is 16.9 Å². The molecule has 0 saturated heterocycles. The van der Waals surface area contributed by atoms with Crippen LogP contribution >= 0.6 is 0 Å². The molecule has 0 fully saturated rings. The Morgan fingerprint density at radius 2 is 1.63 bits per heavy atom. The fourth-order valence-corrected chi connectivity index (χ4v) is 1.50. The lowest BCUT2D eigenvalue weighted by Crippen LogP contribution is -2.15. The Balaban J connectivity index is 2.28. The van der Waals surface area contributed by atoms with Crippen LogP contribution in [0, 0.1) is 17.5 Å². The number of carbonyl (C=O) groups excluding carboxylic acids is 1. The van der Waals surface area contributed by atoms with Gasteiger partial charge in [-0.3, -0.25) is 4.79 Å². The van der Waals surface area contributed by atoms with Crippen LogP contribution in [0.4, 0.5) is 24.5 Å². The zero-order chi connectivity index (χ0) is 14.0. The number of carbonyl (C=O) groups is 1. The van der Waals surface area contributed by atoms with Crippen LogP contribution < -0.4 is 11.1 Å². The van der Waals surface area contributed by atoms with Crippen molar-refractivity contribution in [1.82, 2.24) is 0 Å². The highest BCUT2D eigenvalue weighted by Crippen LogP contribution is 2.20. The number of benzene rings is 2. The molecule has 0 bridgehead atoms. The monoisotopic (exact) mass is 266 g/mol. The van der Waals surface area contributed by atoms with Crippen LogP contribution in [-0.2, 0) is 0 Å². The summed E-state index contributed by atoms with van der Waals surface area (Å²) < 4.78 is 39.1. The summed E-state index contributed by atoms with van der Waals surface area (Å²) in [7, 11) is 0. The van der Waals surface area contributed by atoms with Crippen molar-refractivity contribution >= 4 is 17.3 Å². The molecule has 0 spiro atoms. The molecule has 3 N–H and O–H groups in total. The van der Waals surface area contributed by atoms with E-state index in [4.69, 9.17) is 5.73 Å². The number of halogens is 3. The van der Waals surface area contributed by atoms with Crippen LogP contribution in [0.1, 0.15) is 10.4 Å². The third kappa shape index (κ3) is 2.85. The summed E-state index contributed by atoms with van der Waals surface area (Å²) in [6, 6.07) is 5.94. The maximum absolute atomic E-state index is 13.4. The SMILES string of the molecule is Nc1ccc(F)cc1NC(=O)c1ccc(F)cc1F. The number of hydrogen-bond donors (Lipinski definition) is 2. The summed E-state index contributed by atoms with van der Waals surface area (Å²) in [5, 5.41) is 2.26. The maximum Gasteiger partial charge on any atom is 0.258 e. The second kappa shape index (κ2) is 5.01. The first-order valence-electron chi connectivity index (χ1n) is 5.29. The third-order valence-corrected chi connectivity index (χ3v) is 2.44. The van der Waals surface area contributed by atoms with Crippen LogP contribution in [0.2, 0.25) is 0 Å². The molecule has 0 aliphatic rings. The lowest BCUT2D eigenvalue weighted by molar-refractivity contribution is 0.102. The molecule has 0 radical (unpaired) electrons. The highest BCUT2D eigenvalue weighted by Gasteiger charge is 2.14. The predicted molar refractivity (Wildman–Crippen MR) is 65.1 cm³/mol. The fourth-order valence-electron chi connectivity index (χ4n) is 1.50. The third-order valence-electron chi connectivity index (χ3n) is 2.44. The summed E-state index contributed by atoms with van der Waals surface area (Å²) in [6.07, 6.45) is 0. The lowest BCUT2D eigenvalue weighted by Gasteiger charge is -2.08. The molecule has 2 aromatic carbocycles. The van der Waals surface area contributed by atoms with Crippen LogP contribution in [0.5, 0.6) is 0 Å². The molecule has 0 aliphatic carbocycles. The summed E-state index contributed by atoms with van der Waals surface area (Å²) in [5.74, 6) is -3.23. The average Bonchev–Trinajstić information content (AvgIpc) is 2.33. The number of hydrogen-bond acceptors (Lipinski definition) is 2. The van der Waals surface area contributed by atoms with Gasteiger partial charge in [-0.25, -0.2) is 13.2 Å². The van der Waals surface area contributed by atoms with E-state index in [0.717, 1.165) is 24.3 Å². The van der Waals surface area contributed by atoms with Crippen molar-refractivity contribution in [3.63, 3.8) is 0 Å². The van der Waals surface area contributed by atoms with E-state index in [-0.39, 0.29) is 16.9 Å². The van der Waals surface area contributed by atoms with Gasteiger partial charge in [-0.2, -0.15) is 0 Å². The number of nitrogens with two attached hydrogens (primary N) is 1. The molecule has 0 saturated carbocycles. The predicted octanol–water partition coefficient (Wildman–Crippen LogP) is 2.94. The van der Waals surface area contributed by atoms with Gasteiger partial charge in [-0.15, -0.1) is 0 Å². The van der Waals surface area contributed by atoms with Crippen molar-refractivity contribution < 1.29 is 18.0 Å². The molecule has 2 rings (SSSR count). The zero-order valence-corrected chi connectivity index (χ0v) is 9.58. The smallest absolute Gasteiger partial charge is 0.258 e. The summed E-state index contributed by atoms with van der Waals surface area (Å²) in [4.78, 5) is 11.8. The molecule has 0 aromatic heterocycles. The first kappa shape index (κ1) is 12.9. The molecule has 2 aromatic rings. The summed E-state index contributed by atoms with van der Waals surface area (Å²) in [6.45, 7) is 0. The molecule has 3 nitrogen and oxygen atoms in total. The van der Waals surface area contributed by atoms with Crippen molar-refractivity contribution in [3.05, 3.63) is 59.4 Å². The highest BCUT2D eigenvalue weighted by atomic mass is 19.1. The quantitative estimate of drug-likeness (QED) is 0.821. The molecule has 1 amide bonds. The van der Waals surface area contributed by atoms with Crippen LogP contribution in [0.3, 0.4) is 0 Å². The van der Waals surface area contributed by atoms with Gasteiger partial charge in [0, 0.05) is 6.07 Å². The number of rotatable bonds is 2.